The van der Waals surface area contributed by atoms with Crippen LogP contribution in [0.1, 0.15) is 35.7 Å². The zero-order valence-electron chi connectivity index (χ0n) is 14.6. The number of rotatable bonds is 4. The first-order chi connectivity index (χ1) is 12.9. The van der Waals surface area contributed by atoms with E-state index in [0.717, 1.165) is 31.5 Å². The van der Waals surface area contributed by atoms with Gasteiger partial charge >= 0.3 is 0 Å². The van der Waals surface area contributed by atoms with E-state index in [1.54, 1.807) is 12.4 Å². The minimum atomic E-state index is 0.0307. The van der Waals surface area contributed by atoms with Crippen LogP contribution in [-0.4, -0.2) is 28.9 Å². The largest absolute Gasteiger partial charge is 0.339 e. The van der Waals surface area contributed by atoms with E-state index in [2.05, 4.69) is 11.9 Å². The van der Waals surface area contributed by atoms with Gasteiger partial charge < -0.3 is 4.90 Å². The summed E-state index contributed by atoms with van der Waals surface area (Å²) in [5.41, 5.74) is 1.50. The number of hydrogen-bond donors (Lipinski definition) is 0. The fourth-order valence-electron chi connectivity index (χ4n) is 2.91. The van der Waals surface area contributed by atoms with Crippen molar-refractivity contribution in [3.63, 3.8) is 0 Å². The van der Waals surface area contributed by atoms with Gasteiger partial charge in [-0.3, -0.25) is 9.78 Å². The Balaban J connectivity index is 1.73. The summed E-state index contributed by atoms with van der Waals surface area (Å²) < 4.78 is 0. The molecule has 1 aliphatic rings. The Kier molecular flexibility index (Phi) is 7.20. The first-order valence-corrected chi connectivity index (χ1v) is 11.1. The third kappa shape index (κ3) is 5.04. The Morgan fingerprint density at radius 3 is 2.37 bits per heavy atom. The van der Waals surface area contributed by atoms with Gasteiger partial charge in [-0.2, -0.15) is 0 Å². The average molecular weight is 464 g/mol. The average Bonchev–Trinajstić information content (AvgIpc) is 2.67. The number of hydrogen-bond acceptors (Lipinski definition) is 3. The van der Waals surface area contributed by atoms with Crippen molar-refractivity contribution < 1.29 is 4.79 Å². The maximum absolute atomic E-state index is 12.7. The number of likely N-dealkylation sites (tertiary alicyclic amines) is 1. The highest BCUT2D eigenvalue weighted by Gasteiger charge is 2.22. The van der Waals surface area contributed by atoms with Crippen LogP contribution in [0.3, 0.4) is 0 Å². The van der Waals surface area contributed by atoms with Crippen LogP contribution in [0.15, 0.2) is 29.4 Å². The van der Waals surface area contributed by atoms with Crippen LogP contribution in [0.25, 0.3) is 0 Å². The van der Waals surface area contributed by atoms with Crippen molar-refractivity contribution in [2.75, 3.05) is 13.1 Å². The molecule has 0 radical (unpaired) electrons. The molecule has 27 heavy (non-hydrogen) atoms. The molecule has 144 valence electrons. The molecule has 1 amide bonds. The van der Waals surface area contributed by atoms with E-state index in [0.29, 0.717) is 42.2 Å². The molecule has 0 aliphatic carbocycles. The van der Waals surface area contributed by atoms with Crippen molar-refractivity contribution in [1.82, 2.24) is 9.88 Å². The molecular weight excluding hydrogens is 446 g/mol. The third-order valence-electron chi connectivity index (χ3n) is 4.57. The maximum Gasteiger partial charge on any atom is 0.255 e. The zero-order valence-corrected chi connectivity index (χ0v) is 18.5. The standard InChI is InChI=1S/C19H18Cl4N2OS/c1-11-2-4-25(5-3-11)19(26)13-6-12(8-24-9-13)10-27-18-16(22)14(20)7-15(21)17(18)23/h6-9,11H,2-5,10H2,1H3. The molecule has 1 saturated heterocycles. The van der Waals surface area contributed by atoms with Crippen LogP contribution in [0.4, 0.5) is 0 Å². The predicted molar refractivity (Wildman–Crippen MR) is 115 cm³/mol. The van der Waals surface area contributed by atoms with Gasteiger partial charge in [-0.25, -0.2) is 0 Å². The number of aromatic nitrogens is 1. The van der Waals surface area contributed by atoms with Crippen LogP contribution in [0.2, 0.25) is 20.1 Å². The topological polar surface area (TPSA) is 33.2 Å². The van der Waals surface area contributed by atoms with Crippen molar-refractivity contribution in [1.29, 1.82) is 0 Å². The summed E-state index contributed by atoms with van der Waals surface area (Å²) in [6.07, 6.45) is 5.43. The van der Waals surface area contributed by atoms with Crippen molar-refractivity contribution >= 4 is 64.1 Å². The number of amides is 1. The van der Waals surface area contributed by atoms with Crippen LogP contribution in [0.5, 0.6) is 0 Å². The second kappa shape index (κ2) is 9.23. The Labute approximate surface area is 183 Å². The van der Waals surface area contributed by atoms with E-state index in [4.69, 9.17) is 46.4 Å². The van der Waals surface area contributed by atoms with Crippen LogP contribution in [0, 0.1) is 5.92 Å². The summed E-state index contributed by atoms with van der Waals surface area (Å²) in [4.78, 5) is 19.5. The van der Waals surface area contributed by atoms with Crippen LogP contribution in [-0.2, 0) is 5.75 Å². The number of halogens is 4. The Hall–Kier alpha value is -0.650. The van der Waals surface area contributed by atoms with E-state index in [1.165, 1.54) is 17.8 Å². The molecule has 1 aromatic heterocycles. The van der Waals surface area contributed by atoms with Crippen molar-refractivity contribution in [2.45, 2.75) is 30.4 Å². The maximum atomic E-state index is 12.7. The SMILES string of the molecule is CC1CCN(C(=O)c2cncc(CSc3c(Cl)c(Cl)cc(Cl)c3Cl)c2)CC1. The molecule has 0 spiro atoms. The highest BCUT2D eigenvalue weighted by molar-refractivity contribution is 7.98. The zero-order chi connectivity index (χ0) is 19.6. The molecule has 1 aliphatic heterocycles. The first kappa shape index (κ1) is 21.1. The minimum absolute atomic E-state index is 0.0307. The van der Waals surface area contributed by atoms with Crippen LogP contribution < -0.4 is 0 Å². The van der Waals surface area contributed by atoms with Gasteiger partial charge in [0.15, 0.2) is 0 Å². The van der Waals surface area contributed by atoms with E-state index >= 15 is 0 Å². The number of thioether (sulfide) groups is 1. The summed E-state index contributed by atoms with van der Waals surface area (Å²) in [6.45, 7) is 3.82. The van der Waals surface area contributed by atoms with E-state index in [-0.39, 0.29) is 5.91 Å². The van der Waals surface area contributed by atoms with Gasteiger partial charge in [-0.05, 0) is 36.5 Å². The molecule has 1 aromatic carbocycles. The summed E-state index contributed by atoms with van der Waals surface area (Å²) >= 11 is 26.1. The third-order valence-corrected chi connectivity index (χ3v) is 7.54. The van der Waals surface area contributed by atoms with Crippen molar-refractivity contribution in [3.8, 4) is 0 Å². The monoisotopic (exact) mass is 462 g/mol. The van der Waals surface area contributed by atoms with E-state index in [9.17, 15) is 4.79 Å². The normalized spacial score (nSPS) is 15.2. The van der Waals surface area contributed by atoms with E-state index in [1.807, 2.05) is 11.0 Å². The molecule has 0 atom stereocenters. The second-order valence-corrected chi connectivity index (χ2v) is 9.20. The first-order valence-electron chi connectivity index (χ1n) is 8.55. The Morgan fingerprint density at radius 2 is 1.74 bits per heavy atom. The summed E-state index contributed by atoms with van der Waals surface area (Å²) in [6, 6.07) is 3.40. The molecular formula is C19H18Cl4N2OS. The van der Waals surface area contributed by atoms with E-state index < -0.39 is 0 Å². The fraction of sp³-hybridized carbons (Fsp3) is 0.368. The smallest absolute Gasteiger partial charge is 0.255 e. The summed E-state index contributed by atoms with van der Waals surface area (Å²) in [7, 11) is 0. The van der Waals surface area contributed by atoms with Crippen molar-refractivity contribution in [3.05, 3.63) is 55.7 Å². The molecule has 3 rings (SSSR count). The lowest BCUT2D eigenvalue weighted by Gasteiger charge is -2.30. The highest BCUT2D eigenvalue weighted by atomic mass is 35.5. The Bertz CT molecular complexity index is 828. The number of carbonyl (C=O) groups is 1. The molecule has 0 unspecified atom stereocenters. The van der Waals surface area contributed by atoms with Gasteiger partial charge in [0.1, 0.15) is 0 Å². The Morgan fingerprint density at radius 1 is 1.11 bits per heavy atom. The summed E-state index contributed by atoms with van der Waals surface area (Å²) in [5, 5.41) is 1.46. The minimum Gasteiger partial charge on any atom is -0.339 e. The molecule has 3 nitrogen and oxygen atoms in total. The lowest BCUT2D eigenvalue weighted by molar-refractivity contribution is 0.0696. The quantitative estimate of drug-likeness (QED) is 0.366. The molecule has 0 N–H and O–H groups in total. The number of piperidine rings is 1. The molecule has 0 bridgehead atoms. The molecule has 2 heterocycles. The number of benzene rings is 1. The van der Waals surface area contributed by atoms with Gasteiger partial charge in [0, 0.05) is 36.1 Å². The molecule has 0 saturated carbocycles. The van der Waals surface area contributed by atoms with Gasteiger partial charge in [-0.15, -0.1) is 11.8 Å². The lowest BCUT2D eigenvalue weighted by atomic mass is 9.99. The van der Waals surface area contributed by atoms with Gasteiger partial charge in [0.05, 0.1) is 25.7 Å². The lowest BCUT2D eigenvalue weighted by Crippen LogP contribution is -2.37. The van der Waals surface area contributed by atoms with Gasteiger partial charge in [0.2, 0.25) is 0 Å². The number of nitrogens with zero attached hydrogens (tertiary/aromatic N) is 2. The van der Waals surface area contributed by atoms with Gasteiger partial charge in [0.25, 0.3) is 5.91 Å². The summed E-state index contributed by atoms with van der Waals surface area (Å²) in [5.74, 6) is 1.25. The predicted octanol–water partition coefficient (Wildman–Crippen LogP) is 6.86. The molecule has 1 fully saturated rings. The number of pyridine rings is 1. The number of carbonyl (C=O) groups excluding carboxylic acids is 1. The fourth-order valence-corrected chi connectivity index (χ4v) is 5.10. The molecule has 2 aromatic rings. The van der Waals surface area contributed by atoms with Gasteiger partial charge in [-0.1, -0.05) is 53.3 Å². The molecule has 8 heteroatoms. The second-order valence-electron chi connectivity index (χ2n) is 6.64. The highest BCUT2D eigenvalue weighted by Crippen LogP contribution is 2.43. The van der Waals surface area contributed by atoms with Crippen LogP contribution >= 0.6 is 58.2 Å². The van der Waals surface area contributed by atoms with Crippen molar-refractivity contribution in [2.24, 2.45) is 5.92 Å².